The molecule has 6 nitrogen and oxygen atoms in total. The van der Waals surface area contributed by atoms with Gasteiger partial charge in [0, 0.05) is 25.2 Å². The fraction of sp³-hybridized carbons (Fsp3) is 0.533. The normalized spacial score (nSPS) is 22.0. The van der Waals surface area contributed by atoms with Crippen molar-refractivity contribution in [2.75, 3.05) is 25.1 Å². The molecule has 0 radical (unpaired) electrons. The molecule has 1 aromatic carbocycles. The Morgan fingerprint density at radius 2 is 1.95 bits per heavy atom. The maximum absolute atomic E-state index is 11.9. The molecule has 2 rings (SSSR count). The topological polar surface area (TPSA) is 72.7 Å². The van der Waals surface area contributed by atoms with E-state index >= 15 is 0 Å². The maximum atomic E-state index is 11.9. The number of piperidine rings is 1. The van der Waals surface area contributed by atoms with Crippen molar-refractivity contribution < 1.29 is 14.5 Å². The molecule has 2 unspecified atom stereocenters. The van der Waals surface area contributed by atoms with Crippen LogP contribution in [0.5, 0.6) is 0 Å². The Morgan fingerprint density at radius 1 is 1.33 bits per heavy atom. The molecule has 1 saturated heterocycles. The third kappa shape index (κ3) is 3.32. The van der Waals surface area contributed by atoms with Gasteiger partial charge in [0.05, 0.1) is 23.3 Å². The molecule has 0 aliphatic carbocycles. The largest absolute Gasteiger partial charge is 0.465 e. The van der Waals surface area contributed by atoms with Gasteiger partial charge in [-0.05, 0) is 24.3 Å². The van der Waals surface area contributed by atoms with Crippen LogP contribution in [0.15, 0.2) is 18.2 Å². The number of non-ortho nitro benzene ring substituents is 1. The summed E-state index contributed by atoms with van der Waals surface area (Å²) in [6.07, 6.45) is 1.15. The average molecular weight is 292 g/mol. The molecule has 1 aliphatic rings. The fourth-order valence-electron chi connectivity index (χ4n) is 3.05. The third-order valence-electron chi connectivity index (χ3n) is 3.81. The molecular weight excluding hydrogens is 272 g/mol. The van der Waals surface area contributed by atoms with Gasteiger partial charge < -0.3 is 9.64 Å². The number of esters is 1. The zero-order valence-electron chi connectivity index (χ0n) is 12.5. The second-order valence-corrected chi connectivity index (χ2v) is 5.80. The van der Waals surface area contributed by atoms with Crippen LogP contribution >= 0.6 is 0 Å². The van der Waals surface area contributed by atoms with Gasteiger partial charge in [-0.15, -0.1) is 0 Å². The van der Waals surface area contributed by atoms with Crippen LogP contribution in [0.3, 0.4) is 0 Å². The number of nitro groups is 1. The van der Waals surface area contributed by atoms with Gasteiger partial charge in [-0.1, -0.05) is 13.8 Å². The predicted octanol–water partition coefficient (Wildman–Crippen LogP) is 2.86. The first-order valence-electron chi connectivity index (χ1n) is 7.04. The molecule has 0 N–H and O–H groups in total. The van der Waals surface area contributed by atoms with E-state index in [9.17, 15) is 14.9 Å². The highest BCUT2D eigenvalue weighted by Crippen LogP contribution is 2.31. The Morgan fingerprint density at radius 3 is 2.48 bits per heavy atom. The second-order valence-electron chi connectivity index (χ2n) is 5.80. The van der Waals surface area contributed by atoms with Crippen LogP contribution < -0.4 is 4.90 Å². The van der Waals surface area contributed by atoms with Crippen LogP contribution in [0.2, 0.25) is 0 Å². The number of nitro benzene ring substituents is 1. The minimum atomic E-state index is -0.542. The first-order chi connectivity index (χ1) is 9.92. The Labute approximate surface area is 123 Å². The summed E-state index contributed by atoms with van der Waals surface area (Å²) >= 11 is 0. The maximum Gasteiger partial charge on any atom is 0.340 e. The molecule has 0 saturated carbocycles. The van der Waals surface area contributed by atoms with E-state index in [2.05, 4.69) is 18.7 Å². The third-order valence-corrected chi connectivity index (χ3v) is 3.81. The first kappa shape index (κ1) is 15.3. The molecule has 1 aromatic rings. The number of hydrogen-bond donors (Lipinski definition) is 0. The highest BCUT2D eigenvalue weighted by molar-refractivity contribution is 5.96. The molecule has 0 spiro atoms. The molecule has 1 heterocycles. The first-order valence-corrected chi connectivity index (χ1v) is 7.04. The van der Waals surface area contributed by atoms with Crippen LogP contribution in [-0.4, -0.2) is 31.1 Å². The summed E-state index contributed by atoms with van der Waals surface area (Å²) in [7, 11) is 1.28. The summed E-state index contributed by atoms with van der Waals surface area (Å²) in [5, 5.41) is 10.9. The van der Waals surface area contributed by atoms with Crippen molar-refractivity contribution in [3.8, 4) is 0 Å². The molecule has 1 aliphatic heterocycles. The Hall–Kier alpha value is -2.11. The van der Waals surface area contributed by atoms with Crippen LogP contribution in [0.1, 0.15) is 30.6 Å². The van der Waals surface area contributed by atoms with Crippen LogP contribution in [0, 0.1) is 22.0 Å². The van der Waals surface area contributed by atoms with Crippen molar-refractivity contribution >= 4 is 17.3 Å². The lowest BCUT2D eigenvalue weighted by Gasteiger charge is -2.37. The number of benzene rings is 1. The minimum Gasteiger partial charge on any atom is -0.465 e. The van der Waals surface area contributed by atoms with Gasteiger partial charge in [-0.25, -0.2) is 4.79 Å². The van der Waals surface area contributed by atoms with E-state index in [1.165, 1.54) is 19.2 Å². The van der Waals surface area contributed by atoms with Gasteiger partial charge >= 0.3 is 5.97 Å². The Balaban J connectivity index is 2.42. The summed E-state index contributed by atoms with van der Waals surface area (Å²) in [6, 6.07) is 4.38. The van der Waals surface area contributed by atoms with E-state index in [0.717, 1.165) is 19.5 Å². The lowest BCUT2D eigenvalue weighted by atomic mass is 9.91. The number of rotatable bonds is 3. The van der Waals surface area contributed by atoms with E-state index in [4.69, 9.17) is 4.74 Å². The van der Waals surface area contributed by atoms with E-state index in [1.54, 1.807) is 6.07 Å². The van der Waals surface area contributed by atoms with E-state index in [0.29, 0.717) is 17.5 Å². The van der Waals surface area contributed by atoms with Gasteiger partial charge in [0.25, 0.3) is 5.69 Å². The van der Waals surface area contributed by atoms with Gasteiger partial charge in [-0.3, -0.25) is 10.1 Å². The molecular formula is C15H20N2O4. The van der Waals surface area contributed by atoms with E-state index < -0.39 is 10.9 Å². The van der Waals surface area contributed by atoms with E-state index in [-0.39, 0.29) is 11.3 Å². The van der Waals surface area contributed by atoms with Crippen molar-refractivity contribution in [3.63, 3.8) is 0 Å². The average Bonchev–Trinajstić information content (AvgIpc) is 2.44. The van der Waals surface area contributed by atoms with Crippen molar-refractivity contribution in [1.82, 2.24) is 0 Å². The number of carbonyl (C=O) groups is 1. The number of nitrogens with zero attached hydrogens (tertiary/aromatic N) is 2. The molecule has 0 bridgehead atoms. The van der Waals surface area contributed by atoms with Crippen LogP contribution in [-0.2, 0) is 4.74 Å². The van der Waals surface area contributed by atoms with Gasteiger partial charge in [0.2, 0.25) is 0 Å². The summed E-state index contributed by atoms with van der Waals surface area (Å²) in [5.74, 6) is 0.503. The highest BCUT2D eigenvalue weighted by Gasteiger charge is 2.26. The fourth-order valence-corrected chi connectivity index (χ4v) is 3.05. The quantitative estimate of drug-likeness (QED) is 0.486. The summed E-state index contributed by atoms with van der Waals surface area (Å²) < 4.78 is 4.77. The van der Waals surface area contributed by atoms with E-state index in [1.807, 2.05) is 0 Å². The summed E-state index contributed by atoms with van der Waals surface area (Å²) in [4.78, 5) is 24.5. The number of methoxy groups -OCH3 is 1. The zero-order chi connectivity index (χ0) is 15.6. The lowest BCUT2D eigenvalue weighted by molar-refractivity contribution is -0.384. The predicted molar refractivity (Wildman–Crippen MR) is 79.6 cm³/mol. The summed E-state index contributed by atoms with van der Waals surface area (Å²) in [6.45, 7) is 6.02. The van der Waals surface area contributed by atoms with Gasteiger partial charge in [-0.2, -0.15) is 0 Å². The lowest BCUT2D eigenvalue weighted by Crippen LogP contribution is -2.39. The molecule has 114 valence electrons. The standard InChI is InChI=1S/C15H20N2O4/c1-10-6-11(2)9-16(8-10)14-5-4-12(17(19)20)7-13(14)15(18)21-3/h4-5,7,10-11H,6,8-9H2,1-3H3. The molecule has 0 aromatic heterocycles. The van der Waals surface area contributed by atoms with Crippen molar-refractivity contribution in [3.05, 3.63) is 33.9 Å². The minimum absolute atomic E-state index is 0.0998. The number of ether oxygens (including phenoxy) is 1. The number of hydrogen-bond acceptors (Lipinski definition) is 5. The molecule has 0 amide bonds. The molecule has 2 atom stereocenters. The van der Waals surface area contributed by atoms with Crippen molar-refractivity contribution in [2.24, 2.45) is 11.8 Å². The SMILES string of the molecule is COC(=O)c1cc([N+](=O)[O-])ccc1N1CC(C)CC(C)C1. The summed E-state index contributed by atoms with van der Waals surface area (Å²) in [5.41, 5.74) is 0.871. The molecule has 21 heavy (non-hydrogen) atoms. The smallest absolute Gasteiger partial charge is 0.340 e. The van der Waals surface area contributed by atoms with Gasteiger partial charge in [0.1, 0.15) is 0 Å². The van der Waals surface area contributed by atoms with Crippen molar-refractivity contribution in [1.29, 1.82) is 0 Å². The Kier molecular flexibility index (Phi) is 4.45. The monoisotopic (exact) mass is 292 g/mol. The van der Waals surface area contributed by atoms with Crippen molar-refractivity contribution in [2.45, 2.75) is 20.3 Å². The van der Waals surface area contributed by atoms with Crippen LogP contribution in [0.4, 0.5) is 11.4 Å². The Bertz CT molecular complexity index is 549. The number of anilines is 1. The number of carbonyl (C=O) groups excluding carboxylic acids is 1. The molecule has 1 fully saturated rings. The zero-order valence-corrected chi connectivity index (χ0v) is 12.5. The van der Waals surface area contributed by atoms with Gasteiger partial charge in [0.15, 0.2) is 0 Å². The highest BCUT2D eigenvalue weighted by atomic mass is 16.6. The van der Waals surface area contributed by atoms with Crippen LogP contribution in [0.25, 0.3) is 0 Å². The molecule has 6 heteroatoms. The second kappa shape index (κ2) is 6.11.